The highest BCUT2D eigenvalue weighted by Gasteiger charge is 2.19. The molecule has 1 aromatic rings. The molecule has 0 aliphatic heterocycles. The van der Waals surface area contributed by atoms with E-state index in [0.717, 1.165) is 23.4 Å². The standard InChI is InChI=1S/C19H29ClN2O3/c1-14(21-18(24)25-19(2,3)4)13-22(5)17(23)12-8-10-15-9-6-7-11-16(15)20/h6-7,9,11,14H,8,10,12-13H2,1-5H3,(H,21,24). The van der Waals surface area contributed by atoms with Crippen LogP contribution in [0.4, 0.5) is 4.79 Å². The van der Waals surface area contributed by atoms with Crippen LogP contribution in [0.25, 0.3) is 0 Å². The first-order chi connectivity index (χ1) is 11.6. The average molecular weight is 369 g/mol. The largest absolute Gasteiger partial charge is 0.444 e. The molecule has 1 aromatic carbocycles. The second-order valence-electron chi connectivity index (χ2n) is 7.27. The normalized spacial score (nSPS) is 12.4. The molecule has 0 aliphatic carbocycles. The molecule has 140 valence electrons. The maximum Gasteiger partial charge on any atom is 0.407 e. The molecule has 6 heteroatoms. The van der Waals surface area contributed by atoms with Crippen molar-refractivity contribution in [2.24, 2.45) is 0 Å². The van der Waals surface area contributed by atoms with E-state index in [0.29, 0.717) is 13.0 Å². The Morgan fingerprint density at radius 1 is 1.28 bits per heavy atom. The summed E-state index contributed by atoms with van der Waals surface area (Å²) in [5.74, 6) is 0.0462. The van der Waals surface area contributed by atoms with Gasteiger partial charge in [-0.25, -0.2) is 4.79 Å². The fourth-order valence-corrected chi connectivity index (χ4v) is 2.62. The highest BCUT2D eigenvalue weighted by atomic mass is 35.5. The number of likely N-dealkylation sites (N-methyl/N-ethyl adjacent to an activating group) is 1. The van der Waals surface area contributed by atoms with Crippen molar-refractivity contribution in [3.8, 4) is 0 Å². The second kappa shape index (κ2) is 9.66. The number of ether oxygens (including phenoxy) is 1. The molecule has 0 aliphatic rings. The van der Waals surface area contributed by atoms with Gasteiger partial charge in [0, 0.05) is 31.1 Å². The second-order valence-corrected chi connectivity index (χ2v) is 7.67. The summed E-state index contributed by atoms with van der Waals surface area (Å²) in [6, 6.07) is 7.48. The Labute approximate surface area is 155 Å². The van der Waals surface area contributed by atoms with Crippen LogP contribution in [0.3, 0.4) is 0 Å². The van der Waals surface area contributed by atoms with Gasteiger partial charge in [0.2, 0.25) is 5.91 Å². The first-order valence-electron chi connectivity index (χ1n) is 8.55. The zero-order valence-electron chi connectivity index (χ0n) is 15.8. The van der Waals surface area contributed by atoms with Crippen LogP contribution in [0.15, 0.2) is 24.3 Å². The van der Waals surface area contributed by atoms with Crippen LogP contribution in [0, 0.1) is 0 Å². The van der Waals surface area contributed by atoms with Gasteiger partial charge in [-0.05, 0) is 52.2 Å². The summed E-state index contributed by atoms with van der Waals surface area (Å²) in [6.07, 6.45) is 1.48. The highest BCUT2D eigenvalue weighted by Crippen LogP contribution is 2.17. The number of alkyl carbamates (subject to hydrolysis) is 1. The highest BCUT2D eigenvalue weighted by molar-refractivity contribution is 6.31. The van der Waals surface area contributed by atoms with Gasteiger partial charge in [-0.15, -0.1) is 0 Å². The Morgan fingerprint density at radius 2 is 1.92 bits per heavy atom. The minimum Gasteiger partial charge on any atom is -0.444 e. The molecular formula is C19H29ClN2O3. The molecule has 0 saturated heterocycles. The topological polar surface area (TPSA) is 58.6 Å². The molecule has 0 fully saturated rings. The molecule has 1 atom stereocenters. The van der Waals surface area contributed by atoms with E-state index in [1.54, 1.807) is 11.9 Å². The van der Waals surface area contributed by atoms with E-state index in [-0.39, 0.29) is 11.9 Å². The van der Waals surface area contributed by atoms with Gasteiger partial charge in [-0.1, -0.05) is 29.8 Å². The Balaban J connectivity index is 2.33. The van der Waals surface area contributed by atoms with Gasteiger partial charge in [-0.3, -0.25) is 4.79 Å². The molecule has 5 nitrogen and oxygen atoms in total. The third-order valence-electron chi connectivity index (χ3n) is 3.53. The minimum atomic E-state index is -0.537. The van der Waals surface area contributed by atoms with Crippen molar-refractivity contribution in [1.82, 2.24) is 10.2 Å². The molecule has 25 heavy (non-hydrogen) atoms. The summed E-state index contributed by atoms with van der Waals surface area (Å²) < 4.78 is 5.21. The number of nitrogens with one attached hydrogen (secondary N) is 1. The lowest BCUT2D eigenvalue weighted by Gasteiger charge is -2.25. The van der Waals surface area contributed by atoms with Crippen LogP contribution < -0.4 is 5.32 Å². The van der Waals surface area contributed by atoms with E-state index in [1.165, 1.54) is 0 Å². The van der Waals surface area contributed by atoms with E-state index in [4.69, 9.17) is 16.3 Å². The van der Waals surface area contributed by atoms with Gasteiger partial charge >= 0.3 is 6.09 Å². The maximum atomic E-state index is 12.2. The van der Waals surface area contributed by atoms with Crippen LogP contribution in [0.5, 0.6) is 0 Å². The first-order valence-corrected chi connectivity index (χ1v) is 8.93. The summed E-state index contributed by atoms with van der Waals surface area (Å²) in [6.45, 7) is 7.71. The molecule has 2 amide bonds. The molecular weight excluding hydrogens is 340 g/mol. The summed E-state index contributed by atoms with van der Waals surface area (Å²) in [5, 5.41) is 3.47. The van der Waals surface area contributed by atoms with Crippen molar-refractivity contribution in [2.75, 3.05) is 13.6 Å². The van der Waals surface area contributed by atoms with Crippen molar-refractivity contribution in [1.29, 1.82) is 0 Å². The Bertz CT molecular complexity index is 584. The number of hydrogen-bond donors (Lipinski definition) is 1. The van der Waals surface area contributed by atoms with Crippen LogP contribution in [-0.4, -0.2) is 42.1 Å². The lowest BCUT2D eigenvalue weighted by molar-refractivity contribution is -0.130. The van der Waals surface area contributed by atoms with E-state index in [9.17, 15) is 9.59 Å². The molecule has 0 heterocycles. The predicted molar refractivity (Wildman–Crippen MR) is 101 cm³/mol. The Hall–Kier alpha value is -1.75. The Kier molecular flexibility index (Phi) is 8.23. The third kappa shape index (κ3) is 8.77. The zero-order chi connectivity index (χ0) is 19.0. The maximum absolute atomic E-state index is 12.2. The number of aryl methyl sites for hydroxylation is 1. The number of rotatable bonds is 7. The van der Waals surface area contributed by atoms with E-state index in [1.807, 2.05) is 52.0 Å². The molecule has 1 rings (SSSR count). The lowest BCUT2D eigenvalue weighted by atomic mass is 10.1. The number of nitrogens with zero attached hydrogens (tertiary/aromatic N) is 1. The number of benzene rings is 1. The summed E-state index contributed by atoms with van der Waals surface area (Å²) >= 11 is 6.12. The van der Waals surface area contributed by atoms with Gasteiger partial charge in [-0.2, -0.15) is 0 Å². The SMILES string of the molecule is CC(CN(C)C(=O)CCCc1ccccc1Cl)NC(=O)OC(C)(C)C. The Morgan fingerprint density at radius 3 is 2.52 bits per heavy atom. The molecule has 0 spiro atoms. The quantitative estimate of drug-likeness (QED) is 0.790. The summed E-state index contributed by atoms with van der Waals surface area (Å²) in [7, 11) is 1.74. The number of amides is 2. The van der Waals surface area contributed by atoms with Crippen LogP contribution >= 0.6 is 11.6 Å². The van der Waals surface area contributed by atoms with E-state index < -0.39 is 11.7 Å². The lowest BCUT2D eigenvalue weighted by Crippen LogP contribution is -2.44. The van der Waals surface area contributed by atoms with Crippen LogP contribution in [-0.2, 0) is 16.0 Å². The van der Waals surface area contributed by atoms with Gasteiger partial charge in [0.1, 0.15) is 5.60 Å². The summed E-state index contributed by atoms with van der Waals surface area (Å²) in [5.41, 5.74) is 0.518. The van der Waals surface area contributed by atoms with Gasteiger partial charge < -0.3 is 15.0 Å². The smallest absolute Gasteiger partial charge is 0.407 e. The molecule has 0 aromatic heterocycles. The van der Waals surface area contributed by atoms with Crippen molar-refractivity contribution in [3.05, 3.63) is 34.9 Å². The van der Waals surface area contributed by atoms with Gasteiger partial charge in [0.05, 0.1) is 0 Å². The van der Waals surface area contributed by atoms with Crippen LogP contribution in [0.1, 0.15) is 46.1 Å². The first kappa shape index (κ1) is 21.3. The van der Waals surface area contributed by atoms with E-state index in [2.05, 4.69) is 5.32 Å². The van der Waals surface area contributed by atoms with Gasteiger partial charge in [0.15, 0.2) is 0 Å². The number of hydrogen-bond acceptors (Lipinski definition) is 3. The van der Waals surface area contributed by atoms with E-state index >= 15 is 0 Å². The van der Waals surface area contributed by atoms with Crippen molar-refractivity contribution >= 4 is 23.6 Å². The number of halogens is 1. The van der Waals surface area contributed by atoms with Crippen LogP contribution in [0.2, 0.25) is 5.02 Å². The monoisotopic (exact) mass is 368 g/mol. The fourth-order valence-electron chi connectivity index (χ4n) is 2.39. The van der Waals surface area contributed by atoms with Crippen molar-refractivity contribution in [3.63, 3.8) is 0 Å². The van der Waals surface area contributed by atoms with Crippen molar-refractivity contribution in [2.45, 2.75) is 58.6 Å². The molecule has 0 saturated carbocycles. The predicted octanol–water partition coefficient (Wildman–Crippen LogP) is 4.03. The summed E-state index contributed by atoms with van der Waals surface area (Å²) in [4.78, 5) is 25.6. The zero-order valence-corrected chi connectivity index (χ0v) is 16.5. The molecule has 1 N–H and O–H groups in total. The molecule has 1 unspecified atom stereocenters. The fraction of sp³-hybridized carbons (Fsp3) is 0.579. The number of carbonyl (C=O) groups excluding carboxylic acids is 2. The average Bonchev–Trinajstić information content (AvgIpc) is 2.46. The third-order valence-corrected chi connectivity index (χ3v) is 3.90. The van der Waals surface area contributed by atoms with Gasteiger partial charge in [0.25, 0.3) is 0 Å². The molecule has 0 radical (unpaired) electrons. The molecule has 0 bridgehead atoms. The number of carbonyl (C=O) groups is 2. The minimum absolute atomic E-state index is 0.0462. The van der Waals surface area contributed by atoms with Crippen molar-refractivity contribution < 1.29 is 14.3 Å².